The number of nitrogens with one attached hydrogen (secondary N) is 1. The Kier molecular flexibility index (Phi) is 5.95. The van der Waals surface area contributed by atoms with E-state index in [2.05, 4.69) is 12.2 Å². The lowest BCUT2D eigenvalue weighted by Gasteiger charge is -2.38. The average Bonchev–Trinajstić information content (AvgIpc) is 2.79. The van der Waals surface area contributed by atoms with Crippen molar-refractivity contribution in [2.75, 3.05) is 13.2 Å². The maximum absolute atomic E-state index is 13.0. The molecule has 2 amide bonds. The van der Waals surface area contributed by atoms with E-state index in [-0.39, 0.29) is 24.5 Å². The monoisotopic (exact) mass is 344 g/mol. The molecule has 2 aliphatic rings. The standard InChI is InChI=1S/C20H28N2O3/c1-2-3-13-21-20(24)19-16-11-7-8-12-17(16)25-14-18(23)22(19)15-9-5-4-6-10-15/h7-8,11-12,15,19H,2-6,9-10,13-14H2,1H3,(H,21,24). The summed E-state index contributed by atoms with van der Waals surface area (Å²) < 4.78 is 5.72. The van der Waals surface area contributed by atoms with Gasteiger partial charge < -0.3 is 15.0 Å². The van der Waals surface area contributed by atoms with E-state index < -0.39 is 6.04 Å². The SMILES string of the molecule is CCCCNC(=O)C1c2ccccc2OCC(=O)N1C1CCCCC1. The van der Waals surface area contributed by atoms with Crippen LogP contribution in [0.15, 0.2) is 24.3 Å². The fourth-order valence-corrected chi connectivity index (χ4v) is 3.87. The summed E-state index contributed by atoms with van der Waals surface area (Å²) in [6.07, 6.45) is 7.32. The predicted molar refractivity (Wildman–Crippen MR) is 96.3 cm³/mol. The summed E-state index contributed by atoms with van der Waals surface area (Å²) >= 11 is 0. The van der Waals surface area contributed by atoms with Crippen molar-refractivity contribution in [2.24, 2.45) is 0 Å². The number of para-hydroxylation sites is 1. The van der Waals surface area contributed by atoms with Gasteiger partial charge in [-0.2, -0.15) is 0 Å². The molecule has 0 radical (unpaired) electrons. The molecule has 1 fully saturated rings. The van der Waals surface area contributed by atoms with Gasteiger partial charge in [0.25, 0.3) is 5.91 Å². The van der Waals surface area contributed by atoms with E-state index in [0.717, 1.165) is 44.1 Å². The van der Waals surface area contributed by atoms with Crippen molar-refractivity contribution in [1.82, 2.24) is 10.2 Å². The first kappa shape index (κ1) is 17.8. The Hall–Kier alpha value is -2.04. The van der Waals surface area contributed by atoms with E-state index in [4.69, 9.17) is 4.74 Å². The third-order valence-electron chi connectivity index (χ3n) is 5.18. The number of hydrogen-bond acceptors (Lipinski definition) is 3. The van der Waals surface area contributed by atoms with Crippen molar-refractivity contribution in [3.05, 3.63) is 29.8 Å². The minimum Gasteiger partial charge on any atom is -0.483 e. The van der Waals surface area contributed by atoms with E-state index >= 15 is 0 Å². The summed E-state index contributed by atoms with van der Waals surface area (Å²) in [4.78, 5) is 27.7. The van der Waals surface area contributed by atoms with Crippen LogP contribution in [-0.2, 0) is 9.59 Å². The van der Waals surface area contributed by atoms with Gasteiger partial charge in [0.05, 0.1) is 0 Å². The molecule has 1 heterocycles. The van der Waals surface area contributed by atoms with Crippen LogP contribution in [0.3, 0.4) is 0 Å². The largest absolute Gasteiger partial charge is 0.483 e. The van der Waals surface area contributed by atoms with Gasteiger partial charge in [-0.25, -0.2) is 0 Å². The maximum atomic E-state index is 13.0. The van der Waals surface area contributed by atoms with Gasteiger partial charge in [0.15, 0.2) is 6.61 Å². The van der Waals surface area contributed by atoms with Gasteiger partial charge in [-0.15, -0.1) is 0 Å². The lowest BCUT2D eigenvalue weighted by Crippen LogP contribution is -2.49. The second-order valence-corrected chi connectivity index (χ2v) is 6.97. The van der Waals surface area contributed by atoms with Gasteiger partial charge in [0.2, 0.25) is 5.91 Å². The third-order valence-corrected chi connectivity index (χ3v) is 5.18. The lowest BCUT2D eigenvalue weighted by molar-refractivity contribution is -0.144. The highest BCUT2D eigenvalue weighted by molar-refractivity contribution is 5.90. The van der Waals surface area contributed by atoms with Crippen LogP contribution in [-0.4, -0.2) is 35.9 Å². The van der Waals surface area contributed by atoms with Crippen molar-refractivity contribution >= 4 is 11.8 Å². The van der Waals surface area contributed by atoms with E-state index in [9.17, 15) is 9.59 Å². The Balaban J connectivity index is 1.93. The molecule has 1 aromatic rings. The van der Waals surface area contributed by atoms with Crippen molar-refractivity contribution in [1.29, 1.82) is 0 Å². The van der Waals surface area contributed by atoms with Gasteiger partial charge in [0.1, 0.15) is 11.8 Å². The molecule has 25 heavy (non-hydrogen) atoms. The first-order chi connectivity index (χ1) is 12.2. The minimum atomic E-state index is -0.592. The molecular formula is C20H28N2O3. The van der Waals surface area contributed by atoms with Crippen molar-refractivity contribution in [3.8, 4) is 5.75 Å². The lowest BCUT2D eigenvalue weighted by atomic mass is 9.91. The first-order valence-corrected chi connectivity index (χ1v) is 9.53. The van der Waals surface area contributed by atoms with Crippen LogP contribution in [0.4, 0.5) is 0 Å². The second-order valence-electron chi connectivity index (χ2n) is 6.97. The van der Waals surface area contributed by atoms with Crippen LogP contribution in [0, 0.1) is 0 Å². The van der Waals surface area contributed by atoms with E-state index in [1.165, 1.54) is 6.42 Å². The molecule has 0 saturated heterocycles. The number of benzene rings is 1. The molecule has 3 rings (SSSR count). The van der Waals surface area contributed by atoms with Gasteiger partial charge in [-0.05, 0) is 25.3 Å². The molecule has 0 aromatic heterocycles. The Morgan fingerprint density at radius 3 is 2.76 bits per heavy atom. The fourth-order valence-electron chi connectivity index (χ4n) is 3.87. The zero-order valence-electron chi connectivity index (χ0n) is 15.0. The molecule has 1 N–H and O–H groups in total. The van der Waals surface area contributed by atoms with Crippen molar-refractivity contribution in [3.63, 3.8) is 0 Å². The molecule has 1 aliphatic carbocycles. The highest BCUT2D eigenvalue weighted by Crippen LogP contribution is 2.37. The van der Waals surface area contributed by atoms with Crippen LogP contribution in [0.5, 0.6) is 5.75 Å². The molecule has 0 bridgehead atoms. The Labute approximate surface area is 149 Å². The smallest absolute Gasteiger partial charge is 0.261 e. The molecule has 5 nitrogen and oxygen atoms in total. The normalized spacial score (nSPS) is 21.2. The van der Waals surface area contributed by atoms with Crippen LogP contribution in [0.1, 0.15) is 63.5 Å². The predicted octanol–water partition coefficient (Wildman–Crippen LogP) is 3.20. The zero-order chi connectivity index (χ0) is 17.6. The molecule has 1 atom stereocenters. The third kappa shape index (κ3) is 3.97. The summed E-state index contributed by atoms with van der Waals surface area (Å²) in [6, 6.07) is 7.08. The Morgan fingerprint density at radius 1 is 1.24 bits per heavy atom. The minimum absolute atomic E-state index is 0.00620. The topological polar surface area (TPSA) is 58.6 Å². The van der Waals surface area contributed by atoms with Crippen LogP contribution in [0.2, 0.25) is 0 Å². The van der Waals surface area contributed by atoms with Crippen LogP contribution in [0.25, 0.3) is 0 Å². The molecule has 5 heteroatoms. The summed E-state index contributed by atoms with van der Waals surface area (Å²) in [5.74, 6) is 0.467. The average molecular weight is 344 g/mol. The number of unbranched alkanes of at least 4 members (excludes halogenated alkanes) is 1. The van der Waals surface area contributed by atoms with Crippen molar-refractivity contribution < 1.29 is 14.3 Å². The Bertz CT molecular complexity index is 611. The summed E-state index contributed by atoms with van der Waals surface area (Å²) in [5.41, 5.74) is 0.799. The number of amides is 2. The fraction of sp³-hybridized carbons (Fsp3) is 0.600. The zero-order valence-corrected chi connectivity index (χ0v) is 15.0. The number of carbonyl (C=O) groups excluding carboxylic acids is 2. The number of nitrogens with zero attached hydrogens (tertiary/aromatic N) is 1. The summed E-state index contributed by atoms with van der Waals surface area (Å²) in [7, 11) is 0. The van der Waals surface area contributed by atoms with Crippen molar-refractivity contribution in [2.45, 2.75) is 64.0 Å². The van der Waals surface area contributed by atoms with Gasteiger partial charge >= 0.3 is 0 Å². The highest BCUT2D eigenvalue weighted by atomic mass is 16.5. The number of hydrogen-bond donors (Lipinski definition) is 1. The molecule has 136 valence electrons. The number of carbonyl (C=O) groups is 2. The van der Waals surface area contributed by atoms with Gasteiger partial charge in [0, 0.05) is 18.2 Å². The number of ether oxygens (including phenoxy) is 1. The highest BCUT2D eigenvalue weighted by Gasteiger charge is 2.40. The van der Waals surface area contributed by atoms with E-state index in [1.807, 2.05) is 29.2 Å². The summed E-state index contributed by atoms with van der Waals surface area (Å²) in [5, 5.41) is 3.02. The maximum Gasteiger partial charge on any atom is 0.261 e. The molecule has 1 unspecified atom stereocenters. The molecule has 1 aromatic carbocycles. The first-order valence-electron chi connectivity index (χ1n) is 9.53. The quantitative estimate of drug-likeness (QED) is 0.835. The van der Waals surface area contributed by atoms with Gasteiger partial charge in [-0.1, -0.05) is 50.8 Å². The Morgan fingerprint density at radius 2 is 2.00 bits per heavy atom. The van der Waals surface area contributed by atoms with Gasteiger partial charge in [-0.3, -0.25) is 9.59 Å². The van der Waals surface area contributed by atoms with E-state index in [0.29, 0.717) is 12.3 Å². The van der Waals surface area contributed by atoms with Crippen LogP contribution < -0.4 is 10.1 Å². The molecular weight excluding hydrogens is 316 g/mol. The number of fused-ring (bicyclic) bond motifs is 1. The molecule has 0 spiro atoms. The van der Waals surface area contributed by atoms with E-state index in [1.54, 1.807) is 0 Å². The summed E-state index contributed by atoms with van der Waals surface area (Å²) in [6.45, 7) is 2.74. The number of rotatable bonds is 5. The second kappa shape index (κ2) is 8.37. The van der Waals surface area contributed by atoms with Crippen LogP contribution >= 0.6 is 0 Å². The molecule has 1 aliphatic heterocycles. The molecule has 1 saturated carbocycles.